The third-order valence-corrected chi connectivity index (χ3v) is 3.34. The zero-order chi connectivity index (χ0) is 17.7. The number of rotatable bonds is 6. The molecular formula is C17H16N2O5. The molecule has 2 aromatic carbocycles. The Morgan fingerprint density at radius 1 is 1.17 bits per heavy atom. The summed E-state index contributed by atoms with van der Waals surface area (Å²) < 4.78 is 4.96. The Morgan fingerprint density at radius 2 is 1.83 bits per heavy atom. The van der Waals surface area contributed by atoms with Gasteiger partial charge < -0.3 is 10.1 Å². The number of ether oxygens (including phenoxy) is 1. The second-order valence-electron chi connectivity index (χ2n) is 5.14. The molecule has 0 unspecified atom stereocenters. The van der Waals surface area contributed by atoms with Crippen molar-refractivity contribution < 1.29 is 19.2 Å². The Hall–Kier alpha value is -3.22. The van der Waals surface area contributed by atoms with Crippen LogP contribution in [0.1, 0.15) is 24.2 Å². The van der Waals surface area contributed by atoms with Crippen LogP contribution in [0.3, 0.4) is 0 Å². The number of para-hydroxylation sites is 1. The molecule has 0 aromatic heterocycles. The minimum atomic E-state index is -0.904. The monoisotopic (exact) mass is 328 g/mol. The number of carbonyl (C=O) groups excluding carboxylic acids is 2. The largest absolute Gasteiger partial charge is 0.451 e. The number of carbonyl (C=O) groups is 2. The van der Waals surface area contributed by atoms with Crippen LogP contribution in [-0.2, 0) is 9.53 Å². The van der Waals surface area contributed by atoms with Crippen molar-refractivity contribution in [1.29, 1.82) is 0 Å². The van der Waals surface area contributed by atoms with E-state index in [-0.39, 0.29) is 22.7 Å². The van der Waals surface area contributed by atoms with E-state index in [0.717, 1.165) is 6.07 Å². The van der Waals surface area contributed by atoms with E-state index in [2.05, 4.69) is 5.32 Å². The number of hydrogen-bond donors (Lipinski definition) is 1. The van der Waals surface area contributed by atoms with Gasteiger partial charge in [-0.05, 0) is 38.1 Å². The maximum absolute atomic E-state index is 12.0. The highest BCUT2D eigenvalue weighted by atomic mass is 16.6. The van der Waals surface area contributed by atoms with E-state index in [1.807, 2.05) is 6.07 Å². The van der Waals surface area contributed by atoms with Crippen molar-refractivity contribution in [3.05, 3.63) is 64.2 Å². The molecule has 124 valence electrons. The lowest BCUT2D eigenvalue weighted by Gasteiger charge is -2.11. The molecule has 24 heavy (non-hydrogen) atoms. The number of benzene rings is 2. The summed E-state index contributed by atoms with van der Waals surface area (Å²) >= 11 is 0. The van der Waals surface area contributed by atoms with Gasteiger partial charge in [0, 0.05) is 11.8 Å². The molecule has 7 nitrogen and oxygen atoms in total. The molecule has 1 atom stereocenters. The van der Waals surface area contributed by atoms with Gasteiger partial charge in [-0.25, -0.2) is 4.79 Å². The zero-order valence-corrected chi connectivity index (χ0v) is 13.2. The summed E-state index contributed by atoms with van der Waals surface area (Å²) in [6, 6.07) is 12.9. The van der Waals surface area contributed by atoms with Crippen LogP contribution in [0.15, 0.2) is 48.5 Å². The van der Waals surface area contributed by atoms with Gasteiger partial charge in [0.15, 0.2) is 11.9 Å². The van der Waals surface area contributed by atoms with Crippen molar-refractivity contribution in [2.75, 3.05) is 5.32 Å². The number of nitrogens with zero attached hydrogens (tertiary/aromatic N) is 1. The summed E-state index contributed by atoms with van der Waals surface area (Å²) in [5.41, 5.74) is 0.681. The standard InChI is InChI=1S/C17H16N2O5/c1-11(20)12(2)24-17(21)13-8-9-15(16(10-13)19(22)23)18-14-6-4-3-5-7-14/h3-10,12,18H,1-2H3/t12-/m0/s1. The predicted octanol–water partition coefficient (Wildman–Crippen LogP) is 3.47. The maximum Gasteiger partial charge on any atom is 0.339 e. The van der Waals surface area contributed by atoms with Crippen LogP contribution in [0.5, 0.6) is 0 Å². The number of hydrogen-bond acceptors (Lipinski definition) is 6. The Balaban J connectivity index is 2.28. The van der Waals surface area contributed by atoms with E-state index < -0.39 is 17.0 Å². The van der Waals surface area contributed by atoms with Gasteiger partial charge in [-0.15, -0.1) is 0 Å². The molecule has 0 aliphatic heterocycles. The first kappa shape index (κ1) is 17.1. The summed E-state index contributed by atoms with van der Waals surface area (Å²) in [7, 11) is 0. The molecule has 7 heteroatoms. The van der Waals surface area contributed by atoms with Crippen LogP contribution in [0.2, 0.25) is 0 Å². The molecule has 0 fully saturated rings. The zero-order valence-electron chi connectivity index (χ0n) is 13.2. The molecule has 0 aliphatic carbocycles. The van der Waals surface area contributed by atoms with Crippen molar-refractivity contribution >= 4 is 28.8 Å². The first-order valence-electron chi connectivity index (χ1n) is 7.20. The molecule has 0 bridgehead atoms. The van der Waals surface area contributed by atoms with E-state index in [9.17, 15) is 19.7 Å². The molecule has 0 spiro atoms. The van der Waals surface area contributed by atoms with E-state index in [1.165, 1.54) is 26.0 Å². The number of nitro benzene ring substituents is 1. The topological polar surface area (TPSA) is 98.5 Å². The van der Waals surface area contributed by atoms with Gasteiger partial charge in [-0.1, -0.05) is 18.2 Å². The lowest BCUT2D eigenvalue weighted by Crippen LogP contribution is -2.21. The highest BCUT2D eigenvalue weighted by Crippen LogP contribution is 2.29. The van der Waals surface area contributed by atoms with E-state index in [0.29, 0.717) is 5.69 Å². The summed E-state index contributed by atoms with van der Waals surface area (Å²) in [6.45, 7) is 2.74. The van der Waals surface area contributed by atoms with Gasteiger partial charge >= 0.3 is 5.97 Å². The van der Waals surface area contributed by atoms with Crippen LogP contribution in [0, 0.1) is 10.1 Å². The first-order chi connectivity index (χ1) is 11.4. The second-order valence-corrected chi connectivity index (χ2v) is 5.14. The minimum Gasteiger partial charge on any atom is -0.451 e. The third-order valence-electron chi connectivity index (χ3n) is 3.34. The Kier molecular flexibility index (Phi) is 5.26. The lowest BCUT2D eigenvalue weighted by atomic mass is 10.1. The number of anilines is 2. The van der Waals surface area contributed by atoms with Crippen molar-refractivity contribution in [2.24, 2.45) is 0 Å². The number of nitrogens with one attached hydrogen (secondary N) is 1. The second kappa shape index (κ2) is 7.36. The van der Waals surface area contributed by atoms with E-state index >= 15 is 0 Å². The Morgan fingerprint density at radius 3 is 2.42 bits per heavy atom. The summed E-state index contributed by atoms with van der Waals surface area (Å²) in [6.07, 6.45) is -0.904. The van der Waals surface area contributed by atoms with Crippen molar-refractivity contribution in [1.82, 2.24) is 0 Å². The van der Waals surface area contributed by atoms with Crippen molar-refractivity contribution in [2.45, 2.75) is 20.0 Å². The Bertz CT molecular complexity index is 774. The maximum atomic E-state index is 12.0. The molecular weight excluding hydrogens is 312 g/mol. The van der Waals surface area contributed by atoms with E-state index in [1.54, 1.807) is 24.3 Å². The smallest absolute Gasteiger partial charge is 0.339 e. The highest BCUT2D eigenvalue weighted by molar-refractivity contribution is 5.93. The molecule has 2 aromatic rings. The summed E-state index contributed by atoms with van der Waals surface area (Å²) in [5, 5.41) is 14.2. The average Bonchev–Trinajstić information content (AvgIpc) is 2.55. The molecule has 2 rings (SSSR count). The fraction of sp³-hybridized carbons (Fsp3) is 0.176. The minimum absolute atomic E-state index is 0.00779. The SMILES string of the molecule is CC(=O)[C@H](C)OC(=O)c1ccc(Nc2ccccc2)c([N+](=O)[O-])c1. The van der Waals surface area contributed by atoms with Crippen molar-refractivity contribution in [3.8, 4) is 0 Å². The van der Waals surface area contributed by atoms with Gasteiger partial charge in [0.1, 0.15) is 5.69 Å². The van der Waals surface area contributed by atoms with Crippen LogP contribution in [-0.4, -0.2) is 22.8 Å². The number of esters is 1. The normalized spacial score (nSPS) is 11.4. The molecule has 0 radical (unpaired) electrons. The fourth-order valence-electron chi connectivity index (χ4n) is 1.90. The van der Waals surface area contributed by atoms with Gasteiger partial charge in [0.25, 0.3) is 5.69 Å². The lowest BCUT2D eigenvalue weighted by molar-refractivity contribution is -0.383. The molecule has 0 saturated carbocycles. The summed E-state index contributed by atoms with van der Waals surface area (Å²) in [5.74, 6) is -1.09. The summed E-state index contributed by atoms with van der Waals surface area (Å²) in [4.78, 5) is 33.8. The molecule has 1 N–H and O–H groups in total. The predicted molar refractivity (Wildman–Crippen MR) is 88.4 cm³/mol. The van der Waals surface area contributed by atoms with Crippen molar-refractivity contribution in [3.63, 3.8) is 0 Å². The molecule has 0 amide bonds. The molecule has 0 heterocycles. The van der Waals surface area contributed by atoms with Crippen LogP contribution < -0.4 is 5.32 Å². The number of nitro groups is 1. The first-order valence-corrected chi connectivity index (χ1v) is 7.20. The molecule has 0 saturated heterocycles. The van der Waals surface area contributed by atoms with Gasteiger partial charge in [0.2, 0.25) is 0 Å². The Labute approximate surface area is 138 Å². The number of Topliss-reactive ketones (excluding diaryl/α,β-unsaturated/α-hetero) is 1. The van der Waals surface area contributed by atoms with Gasteiger partial charge in [0.05, 0.1) is 10.5 Å². The fourth-order valence-corrected chi connectivity index (χ4v) is 1.90. The van der Waals surface area contributed by atoms with Gasteiger partial charge in [-0.2, -0.15) is 0 Å². The van der Waals surface area contributed by atoms with E-state index in [4.69, 9.17) is 4.74 Å². The highest BCUT2D eigenvalue weighted by Gasteiger charge is 2.21. The number of ketones is 1. The molecule has 0 aliphatic rings. The van der Waals surface area contributed by atoms with Crippen LogP contribution >= 0.6 is 0 Å². The third kappa shape index (κ3) is 4.16. The average molecular weight is 328 g/mol. The van der Waals surface area contributed by atoms with Gasteiger partial charge in [-0.3, -0.25) is 14.9 Å². The van der Waals surface area contributed by atoms with Crippen LogP contribution in [0.4, 0.5) is 17.1 Å². The van der Waals surface area contributed by atoms with Crippen LogP contribution in [0.25, 0.3) is 0 Å². The quantitative estimate of drug-likeness (QED) is 0.495.